The first-order valence-electron chi connectivity index (χ1n) is 9.03. The Balaban J connectivity index is 1.47. The summed E-state index contributed by atoms with van der Waals surface area (Å²) in [6.45, 7) is 2.97. The number of carbonyl (C=O) groups excluding carboxylic acids is 1. The van der Waals surface area contributed by atoms with Gasteiger partial charge < -0.3 is 0 Å². The fourth-order valence-corrected chi connectivity index (χ4v) is 10.2. The van der Waals surface area contributed by atoms with E-state index >= 15 is 0 Å². The second-order valence-electron chi connectivity index (χ2n) is 7.83. The average molecular weight is 457 g/mol. The fourth-order valence-electron chi connectivity index (χ4n) is 4.35. The van der Waals surface area contributed by atoms with Gasteiger partial charge in [0.2, 0.25) is 0 Å². The predicted octanol–water partition coefficient (Wildman–Crippen LogP) is 4.27. The second kappa shape index (κ2) is 7.28. The minimum absolute atomic E-state index is 0.286. The molecule has 2 aliphatic heterocycles. The maximum absolute atomic E-state index is 12.3. The maximum atomic E-state index is 12.3. The molecule has 0 spiro atoms. The second-order valence-corrected chi connectivity index (χ2v) is 14.9. The first kappa shape index (κ1) is 17.3. The SMILES string of the molecule is CI(C)C(c1cccc(CN2C[C@H]3CSC[C@@H](C2)C3=O)c1)C1CC1. The third-order valence-electron chi connectivity index (χ3n) is 5.58. The molecule has 1 saturated carbocycles. The Hall–Kier alpha value is -0.0700. The third kappa shape index (κ3) is 3.70. The molecule has 2 nitrogen and oxygen atoms in total. The van der Waals surface area contributed by atoms with Crippen LogP contribution >= 0.6 is 31.6 Å². The van der Waals surface area contributed by atoms with Crippen molar-refractivity contribution in [2.24, 2.45) is 17.8 Å². The van der Waals surface area contributed by atoms with Crippen LogP contribution in [0.25, 0.3) is 0 Å². The molecule has 0 amide bonds. The first-order chi connectivity index (χ1) is 11.6. The van der Waals surface area contributed by atoms with Crippen LogP contribution in [0.5, 0.6) is 0 Å². The standard InChI is InChI=1S/C20H28INOS/c1-21(2)19(15-6-7-15)16-5-3-4-14(8-16)9-22-10-17-12-24-13-18(11-22)20(17)23/h3-5,8,15,17-19H,6-7,9-13H2,1-2H3/t17-,18+,19?. The number of Topliss-reactive ketones (excluding diaryl/α,β-unsaturated/α-hetero) is 1. The normalized spacial score (nSPS) is 29.4. The average Bonchev–Trinajstić information content (AvgIpc) is 3.33. The van der Waals surface area contributed by atoms with E-state index in [2.05, 4.69) is 39.0 Å². The van der Waals surface area contributed by atoms with Crippen LogP contribution in [0.2, 0.25) is 0 Å². The van der Waals surface area contributed by atoms with Crippen LogP contribution in [0.3, 0.4) is 0 Å². The van der Waals surface area contributed by atoms with E-state index in [0.29, 0.717) is 5.78 Å². The molecule has 2 bridgehead atoms. The van der Waals surface area contributed by atoms with Gasteiger partial charge in [0.25, 0.3) is 0 Å². The van der Waals surface area contributed by atoms with Gasteiger partial charge in [0.1, 0.15) is 0 Å². The van der Waals surface area contributed by atoms with E-state index in [1.165, 1.54) is 18.4 Å². The molecule has 132 valence electrons. The van der Waals surface area contributed by atoms with E-state index in [9.17, 15) is 4.79 Å². The van der Waals surface area contributed by atoms with Crippen LogP contribution in [-0.4, -0.2) is 45.1 Å². The van der Waals surface area contributed by atoms with Gasteiger partial charge in [0, 0.05) is 0 Å². The van der Waals surface area contributed by atoms with Gasteiger partial charge in [-0.05, 0) is 0 Å². The number of likely N-dealkylation sites (tertiary alicyclic amines) is 1. The molecule has 1 aliphatic carbocycles. The van der Waals surface area contributed by atoms with E-state index in [1.807, 2.05) is 11.8 Å². The third-order valence-corrected chi connectivity index (χ3v) is 11.3. The zero-order chi connectivity index (χ0) is 16.7. The van der Waals surface area contributed by atoms with E-state index in [0.717, 1.165) is 41.0 Å². The number of alkyl halides is 3. The zero-order valence-corrected chi connectivity index (χ0v) is 17.7. The topological polar surface area (TPSA) is 20.3 Å². The molecule has 0 radical (unpaired) electrons. The predicted molar refractivity (Wildman–Crippen MR) is 112 cm³/mol. The van der Waals surface area contributed by atoms with Crippen molar-refractivity contribution in [1.29, 1.82) is 0 Å². The summed E-state index contributed by atoms with van der Waals surface area (Å²) in [5, 5.41) is 0. The monoisotopic (exact) mass is 457 g/mol. The van der Waals surface area contributed by atoms with Crippen molar-refractivity contribution in [3.05, 3.63) is 35.4 Å². The van der Waals surface area contributed by atoms with Crippen molar-refractivity contribution >= 4 is 37.4 Å². The van der Waals surface area contributed by atoms with Gasteiger partial charge in [-0.1, -0.05) is 0 Å². The molecular formula is C20H28INOS. The molecule has 2 saturated heterocycles. The molecule has 0 aromatic heterocycles. The summed E-state index contributed by atoms with van der Waals surface area (Å²) in [6.07, 6.45) is 2.89. The number of piperidine rings is 1. The molecule has 4 heteroatoms. The van der Waals surface area contributed by atoms with Crippen LogP contribution in [0.1, 0.15) is 27.9 Å². The molecule has 3 fully saturated rings. The summed E-state index contributed by atoms with van der Waals surface area (Å²) in [4.78, 5) is 19.9. The Morgan fingerprint density at radius 1 is 1.21 bits per heavy atom. The molecule has 0 N–H and O–H groups in total. The first-order valence-corrected chi connectivity index (χ1v) is 15.7. The van der Waals surface area contributed by atoms with Gasteiger partial charge in [0.05, 0.1) is 0 Å². The van der Waals surface area contributed by atoms with Crippen molar-refractivity contribution in [2.75, 3.05) is 34.5 Å². The number of fused-ring (bicyclic) bond motifs is 2. The molecule has 3 atom stereocenters. The van der Waals surface area contributed by atoms with Crippen molar-refractivity contribution < 1.29 is 4.79 Å². The zero-order valence-electron chi connectivity index (χ0n) is 14.7. The summed E-state index contributed by atoms with van der Waals surface area (Å²) in [6, 6.07) is 9.42. The van der Waals surface area contributed by atoms with Gasteiger partial charge >= 0.3 is 158 Å². The number of carbonyl (C=O) groups is 1. The Morgan fingerprint density at radius 2 is 1.92 bits per heavy atom. The van der Waals surface area contributed by atoms with E-state index < -0.39 is 19.8 Å². The van der Waals surface area contributed by atoms with Crippen molar-refractivity contribution in [3.8, 4) is 0 Å². The van der Waals surface area contributed by atoms with E-state index in [1.54, 1.807) is 5.56 Å². The van der Waals surface area contributed by atoms with Crippen molar-refractivity contribution in [1.82, 2.24) is 4.90 Å². The molecule has 1 aromatic rings. The summed E-state index contributed by atoms with van der Waals surface area (Å²) in [5.74, 6) is 4.16. The molecule has 24 heavy (non-hydrogen) atoms. The van der Waals surface area contributed by atoms with Gasteiger partial charge in [-0.15, -0.1) is 0 Å². The molecule has 1 unspecified atom stereocenters. The van der Waals surface area contributed by atoms with Gasteiger partial charge in [0.15, 0.2) is 0 Å². The molecule has 4 rings (SSSR count). The Bertz CT molecular complexity index is 597. The van der Waals surface area contributed by atoms with Crippen molar-refractivity contribution in [2.45, 2.75) is 23.3 Å². The molecule has 2 heterocycles. The number of ketones is 1. The summed E-state index contributed by atoms with van der Waals surface area (Å²) in [7, 11) is 0. The fraction of sp³-hybridized carbons (Fsp3) is 0.650. The number of nitrogens with zero attached hydrogens (tertiary/aromatic N) is 1. The number of benzene rings is 1. The minimum atomic E-state index is -0.835. The van der Waals surface area contributed by atoms with E-state index in [4.69, 9.17) is 0 Å². The Labute approximate surface area is 157 Å². The molecule has 1 aromatic carbocycles. The number of hydrogen-bond acceptors (Lipinski definition) is 3. The van der Waals surface area contributed by atoms with Gasteiger partial charge in [-0.25, -0.2) is 0 Å². The van der Waals surface area contributed by atoms with Crippen LogP contribution in [0.15, 0.2) is 24.3 Å². The summed E-state index contributed by atoms with van der Waals surface area (Å²) in [5.41, 5.74) is 3.06. The molecular weight excluding hydrogens is 429 g/mol. The van der Waals surface area contributed by atoms with Gasteiger partial charge in [-0.3, -0.25) is 0 Å². The summed E-state index contributed by atoms with van der Waals surface area (Å²) < 4.78 is 0.882. The van der Waals surface area contributed by atoms with Crippen LogP contribution in [0, 0.1) is 17.8 Å². The van der Waals surface area contributed by atoms with Gasteiger partial charge in [-0.2, -0.15) is 0 Å². The quantitative estimate of drug-likeness (QED) is 0.487. The van der Waals surface area contributed by atoms with E-state index in [-0.39, 0.29) is 11.8 Å². The van der Waals surface area contributed by atoms with Crippen LogP contribution in [0.4, 0.5) is 0 Å². The Morgan fingerprint density at radius 3 is 2.54 bits per heavy atom. The number of hydrogen-bond donors (Lipinski definition) is 0. The van der Waals surface area contributed by atoms with Crippen molar-refractivity contribution in [3.63, 3.8) is 0 Å². The number of rotatable bonds is 5. The molecule has 3 aliphatic rings. The number of halogens is 1. The van der Waals surface area contributed by atoms with Crippen LogP contribution in [-0.2, 0) is 11.3 Å². The number of thioether (sulfide) groups is 1. The Kier molecular flexibility index (Phi) is 5.26. The van der Waals surface area contributed by atoms with Crippen LogP contribution < -0.4 is 0 Å². The summed E-state index contributed by atoms with van der Waals surface area (Å²) >= 11 is 1.14.